The summed E-state index contributed by atoms with van der Waals surface area (Å²) in [5, 5.41) is 0. The van der Waals surface area contributed by atoms with Gasteiger partial charge < -0.3 is 9.64 Å². The van der Waals surface area contributed by atoms with Gasteiger partial charge in [0.25, 0.3) is 0 Å². The molecule has 104 valence electrons. The van der Waals surface area contributed by atoms with Crippen molar-refractivity contribution in [2.24, 2.45) is 5.92 Å². The second-order valence-electron chi connectivity index (χ2n) is 5.87. The van der Waals surface area contributed by atoms with Crippen LogP contribution in [0.4, 0.5) is 0 Å². The molecule has 0 saturated carbocycles. The van der Waals surface area contributed by atoms with E-state index in [0.717, 1.165) is 31.1 Å². The molecule has 3 rings (SSSR count). The number of alkyl halides is 1. The maximum absolute atomic E-state index is 5.56. The van der Waals surface area contributed by atoms with E-state index in [1.807, 2.05) is 0 Å². The van der Waals surface area contributed by atoms with E-state index in [1.54, 1.807) is 0 Å². The third-order valence-corrected chi connectivity index (χ3v) is 5.72. The average molecular weight is 324 g/mol. The fraction of sp³-hybridized carbons (Fsp3) is 0.625. The van der Waals surface area contributed by atoms with Crippen LogP contribution in [0.5, 0.6) is 5.75 Å². The second-order valence-corrected chi connectivity index (χ2v) is 7.05. The molecule has 1 saturated heterocycles. The minimum atomic E-state index is 0.709. The summed E-state index contributed by atoms with van der Waals surface area (Å²) >= 11 is 3.77. The van der Waals surface area contributed by atoms with E-state index in [9.17, 15) is 0 Å². The van der Waals surface area contributed by atoms with E-state index in [4.69, 9.17) is 4.74 Å². The number of ether oxygens (including phenoxy) is 1. The van der Waals surface area contributed by atoms with E-state index in [1.165, 1.54) is 37.2 Å². The lowest BCUT2D eigenvalue weighted by Crippen LogP contribution is -2.40. The van der Waals surface area contributed by atoms with Crippen molar-refractivity contribution in [2.75, 3.05) is 26.2 Å². The number of rotatable bonds is 3. The van der Waals surface area contributed by atoms with Crippen molar-refractivity contribution in [3.8, 4) is 5.75 Å². The minimum absolute atomic E-state index is 0.709. The van der Waals surface area contributed by atoms with Gasteiger partial charge in [0.15, 0.2) is 0 Å². The van der Waals surface area contributed by atoms with Gasteiger partial charge in [-0.15, -0.1) is 0 Å². The van der Waals surface area contributed by atoms with Crippen molar-refractivity contribution in [3.05, 3.63) is 29.3 Å². The van der Waals surface area contributed by atoms with E-state index >= 15 is 0 Å². The molecule has 0 aromatic heterocycles. The number of fused-ring (bicyclic) bond motifs is 1. The van der Waals surface area contributed by atoms with Crippen LogP contribution >= 0.6 is 15.9 Å². The Morgan fingerprint density at radius 1 is 1.42 bits per heavy atom. The maximum Gasteiger partial charge on any atom is 0.122 e. The van der Waals surface area contributed by atoms with Crippen LogP contribution in [-0.4, -0.2) is 36.0 Å². The van der Waals surface area contributed by atoms with Gasteiger partial charge in [-0.05, 0) is 42.5 Å². The summed E-state index contributed by atoms with van der Waals surface area (Å²) in [6, 6.07) is 6.71. The van der Waals surface area contributed by atoms with E-state index < -0.39 is 0 Å². The molecule has 19 heavy (non-hydrogen) atoms. The van der Waals surface area contributed by atoms with Gasteiger partial charge in [-0.2, -0.15) is 0 Å². The van der Waals surface area contributed by atoms with Gasteiger partial charge in [0, 0.05) is 24.3 Å². The minimum Gasteiger partial charge on any atom is -0.493 e. The van der Waals surface area contributed by atoms with Crippen molar-refractivity contribution in [3.63, 3.8) is 0 Å². The SMILES string of the molecule is CC1CN(CCc2ccc3c(c2)CCO3)CCC1Br. The van der Waals surface area contributed by atoms with Gasteiger partial charge in [-0.25, -0.2) is 0 Å². The Hall–Kier alpha value is -0.540. The molecule has 2 heterocycles. The zero-order valence-electron chi connectivity index (χ0n) is 11.6. The first-order valence-corrected chi connectivity index (χ1v) is 8.25. The molecule has 2 atom stereocenters. The molecule has 1 aromatic carbocycles. The van der Waals surface area contributed by atoms with Crippen LogP contribution in [0.1, 0.15) is 24.5 Å². The first-order valence-electron chi connectivity index (χ1n) is 7.33. The summed E-state index contributed by atoms with van der Waals surface area (Å²) in [5.74, 6) is 1.86. The Kier molecular flexibility index (Phi) is 4.13. The predicted octanol–water partition coefficient (Wildman–Crippen LogP) is 3.27. The molecule has 1 fully saturated rings. The smallest absolute Gasteiger partial charge is 0.122 e. The average Bonchev–Trinajstić information content (AvgIpc) is 2.87. The van der Waals surface area contributed by atoms with E-state index in [0.29, 0.717) is 4.83 Å². The molecule has 0 aliphatic carbocycles. The summed E-state index contributed by atoms with van der Waals surface area (Å²) in [5.41, 5.74) is 2.85. The fourth-order valence-electron chi connectivity index (χ4n) is 3.09. The molecular weight excluding hydrogens is 302 g/mol. The number of halogens is 1. The molecule has 0 bridgehead atoms. The number of benzene rings is 1. The zero-order chi connectivity index (χ0) is 13.2. The highest BCUT2D eigenvalue weighted by atomic mass is 79.9. The highest BCUT2D eigenvalue weighted by Gasteiger charge is 2.23. The number of likely N-dealkylation sites (tertiary alicyclic amines) is 1. The van der Waals surface area contributed by atoms with Crippen LogP contribution in [0.3, 0.4) is 0 Å². The quantitative estimate of drug-likeness (QED) is 0.791. The molecule has 0 amide bonds. The largest absolute Gasteiger partial charge is 0.493 e. The van der Waals surface area contributed by atoms with Gasteiger partial charge in [0.1, 0.15) is 5.75 Å². The van der Waals surface area contributed by atoms with Crippen LogP contribution in [0.15, 0.2) is 18.2 Å². The summed E-state index contributed by atoms with van der Waals surface area (Å²) in [6.45, 7) is 6.84. The Labute approximate surface area is 124 Å². The molecule has 2 aliphatic rings. The summed E-state index contributed by atoms with van der Waals surface area (Å²) in [7, 11) is 0. The van der Waals surface area contributed by atoms with Crippen molar-refractivity contribution in [2.45, 2.75) is 31.0 Å². The lowest BCUT2D eigenvalue weighted by Gasteiger charge is -2.34. The number of hydrogen-bond donors (Lipinski definition) is 0. The molecule has 0 spiro atoms. The second kappa shape index (κ2) is 5.84. The van der Waals surface area contributed by atoms with Gasteiger partial charge in [-0.1, -0.05) is 35.0 Å². The van der Waals surface area contributed by atoms with E-state index in [-0.39, 0.29) is 0 Å². The van der Waals surface area contributed by atoms with Crippen LogP contribution in [0.2, 0.25) is 0 Å². The summed E-state index contributed by atoms with van der Waals surface area (Å²) < 4.78 is 5.56. The molecule has 0 N–H and O–H groups in total. The van der Waals surface area contributed by atoms with E-state index in [2.05, 4.69) is 46.0 Å². The Morgan fingerprint density at radius 3 is 3.16 bits per heavy atom. The Morgan fingerprint density at radius 2 is 2.32 bits per heavy atom. The van der Waals surface area contributed by atoms with Crippen LogP contribution in [-0.2, 0) is 12.8 Å². The van der Waals surface area contributed by atoms with Crippen molar-refractivity contribution in [1.29, 1.82) is 0 Å². The molecule has 1 aromatic rings. The fourth-order valence-corrected chi connectivity index (χ4v) is 3.46. The normalized spacial score (nSPS) is 27.1. The monoisotopic (exact) mass is 323 g/mol. The van der Waals surface area contributed by atoms with Crippen LogP contribution in [0.25, 0.3) is 0 Å². The number of hydrogen-bond acceptors (Lipinski definition) is 2. The lowest BCUT2D eigenvalue weighted by molar-refractivity contribution is 0.193. The standard InChI is InChI=1S/C16H22BrNO/c1-12-11-18(8-5-15(12)17)7-4-13-2-3-16-14(10-13)6-9-19-16/h2-3,10,12,15H,4-9,11H2,1H3. The van der Waals surface area contributed by atoms with Crippen molar-refractivity contribution in [1.82, 2.24) is 4.90 Å². The predicted molar refractivity (Wildman–Crippen MR) is 82.3 cm³/mol. The first kappa shape index (κ1) is 13.4. The van der Waals surface area contributed by atoms with Gasteiger partial charge >= 0.3 is 0 Å². The number of piperidine rings is 1. The topological polar surface area (TPSA) is 12.5 Å². The number of nitrogens with zero attached hydrogens (tertiary/aromatic N) is 1. The van der Waals surface area contributed by atoms with Crippen LogP contribution in [0, 0.1) is 5.92 Å². The molecule has 2 nitrogen and oxygen atoms in total. The van der Waals surface area contributed by atoms with Gasteiger partial charge in [0.05, 0.1) is 6.61 Å². The third kappa shape index (κ3) is 3.14. The third-order valence-electron chi connectivity index (χ3n) is 4.36. The van der Waals surface area contributed by atoms with Gasteiger partial charge in [0.2, 0.25) is 0 Å². The Balaban J connectivity index is 1.55. The summed E-state index contributed by atoms with van der Waals surface area (Å²) in [6.07, 6.45) is 3.52. The molecule has 3 heteroatoms. The van der Waals surface area contributed by atoms with Crippen molar-refractivity contribution < 1.29 is 4.74 Å². The first-order chi connectivity index (χ1) is 9.22. The maximum atomic E-state index is 5.56. The summed E-state index contributed by atoms with van der Waals surface area (Å²) in [4.78, 5) is 3.31. The highest BCUT2D eigenvalue weighted by molar-refractivity contribution is 9.09. The Bertz CT molecular complexity index is 448. The molecule has 0 radical (unpaired) electrons. The highest BCUT2D eigenvalue weighted by Crippen LogP contribution is 2.27. The molecule has 2 unspecified atom stereocenters. The lowest BCUT2D eigenvalue weighted by atomic mass is 9.99. The molecule has 2 aliphatic heterocycles. The molecular formula is C16H22BrNO. The van der Waals surface area contributed by atoms with Gasteiger partial charge in [-0.3, -0.25) is 0 Å². The van der Waals surface area contributed by atoms with Crippen LogP contribution < -0.4 is 4.74 Å². The van der Waals surface area contributed by atoms with Crippen molar-refractivity contribution >= 4 is 15.9 Å². The zero-order valence-corrected chi connectivity index (χ0v) is 13.2.